The molecule has 4 rings (SSSR count). The molecule has 8 heteroatoms. The zero-order valence-corrected chi connectivity index (χ0v) is 26.7. The Morgan fingerprint density at radius 3 is 1.31 bits per heavy atom. The Hall–Kier alpha value is -1.26. The molecule has 0 unspecified atom stereocenters. The van der Waals surface area contributed by atoms with Crippen molar-refractivity contribution in [2.24, 2.45) is 9.98 Å². The fourth-order valence-corrected chi connectivity index (χ4v) is 7.07. The molecule has 176 valence electrons. The van der Waals surface area contributed by atoms with E-state index in [1.807, 2.05) is 48.5 Å². The largest absolute Gasteiger partial charge is 0.506 e. The number of rotatable bonds is 6. The molecule has 4 nitrogen and oxygen atoms in total. The summed E-state index contributed by atoms with van der Waals surface area (Å²) in [7, 11) is 0. The minimum atomic E-state index is 0.254. The van der Waals surface area contributed by atoms with E-state index in [0.29, 0.717) is 11.1 Å². The van der Waals surface area contributed by atoms with Gasteiger partial charge in [-0.3, -0.25) is 9.98 Å². The van der Waals surface area contributed by atoms with Crippen molar-refractivity contribution in [2.45, 2.75) is 6.42 Å². The number of phenolic OH excluding ortho intramolecular Hbond substituents is 2. The Morgan fingerprint density at radius 2 is 0.943 bits per heavy atom. The van der Waals surface area contributed by atoms with Crippen molar-refractivity contribution in [1.82, 2.24) is 0 Å². The highest BCUT2D eigenvalue weighted by Crippen LogP contribution is 2.28. The lowest BCUT2D eigenvalue weighted by atomic mass is 10.0. The number of hydrogen-bond acceptors (Lipinski definition) is 4. The van der Waals surface area contributed by atoms with E-state index in [-0.39, 0.29) is 11.5 Å². The van der Waals surface area contributed by atoms with E-state index in [2.05, 4.69) is 125 Å². The number of hydrogen-bond donors (Lipinski definition) is 2. The Kier molecular flexibility index (Phi) is 9.43. The predicted molar refractivity (Wildman–Crippen MR) is 177 cm³/mol. The van der Waals surface area contributed by atoms with Crippen LogP contribution in [0.2, 0.25) is 0 Å². The molecular formula is C27H18I4N2O2. The van der Waals surface area contributed by atoms with Crippen molar-refractivity contribution in [3.63, 3.8) is 0 Å². The maximum atomic E-state index is 10.2. The van der Waals surface area contributed by atoms with Crippen LogP contribution in [0.3, 0.4) is 0 Å². The van der Waals surface area contributed by atoms with Gasteiger partial charge in [0.25, 0.3) is 0 Å². The first kappa shape index (κ1) is 26.8. The molecule has 0 heterocycles. The Morgan fingerprint density at radius 1 is 0.571 bits per heavy atom. The van der Waals surface area contributed by atoms with Crippen molar-refractivity contribution in [2.75, 3.05) is 0 Å². The average molecular weight is 910 g/mol. The Labute approximate surface area is 258 Å². The van der Waals surface area contributed by atoms with Gasteiger partial charge in [-0.05, 0) is 156 Å². The summed E-state index contributed by atoms with van der Waals surface area (Å²) in [5, 5.41) is 20.5. The van der Waals surface area contributed by atoms with Gasteiger partial charge in [0.05, 0.1) is 18.5 Å². The molecule has 0 aliphatic rings. The lowest BCUT2D eigenvalue weighted by molar-refractivity contribution is 0.470. The van der Waals surface area contributed by atoms with Crippen LogP contribution in [-0.2, 0) is 6.42 Å². The molecule has 4 aromatic rings. The van der Waals surface area contributed by atoms with E-state index in [1.54, 1.807) is 12.4 Å². The summed E-state index contributed by atoms with van der Waals surface area (Å²) in [6, 6.07) is 23.9. The number of benzene rings is 4. The second-order valence-corrected chi connectivity index (χ2v) is 12.5. The monoisotopic (exact) mass is 910 g/mol. The van der Waals surface area contributed by atoms with Crippen molar-refractivity contribution >= 4 is 114 Å². The molecule has 0 radical (unpaired) electrons. The van der Waals surface area contributed by atoms with E-state index in [4.69, 9.17) is 0 Å². The standard InChI is InChI=1S/C27H18I4N2O2/c28-20-10-18(26(34)24(30)12-20)14-32-22-5-1-16(2-6-22)9-17-3-7-23(8-4-17)33-15-19-11-21(29)13-25(31)27(19)35/h1-8,10-15,34-35H,9H2. The second kappa shape index (κ2) is 12.3. The van der Waals surface area contributed by atoms with Gasteiger partial charge in [0, 0.05) is 30.7 Å². The Bertz CT molecular complexity index is 1310. The number of halogens is 4. The maximum Gasteiger partial charge on any atom is 0.137 e. The van der Waals surface area contributed by atoms with Gasteiger partial charge in [0.1, 0.15) is 11.5 Å². The molecule has 0 atom stereocenters. The first-order chi connectivity index (χ1) is 16.8. The summed E-state index contributed by atoms with van der Waals surface area (Å²) >= 11 is 8.71. The second-order valence-electron chi connectivity index (χ2n) is 7.68. The highest BCUT2D eigenvalue weighted by atomic mass is 127. The normalized spacial score (nSPS) is 11.5. The van der Waals surface area contributed by atoms with Crippen LogP contribution in [-0.4, -0.2) is 22.6 Å². The van der Waals surface area contributed by atoms with Crippen LogP contribution in [0.4, 0.5) is 11.4 Å². The minimum absolute atomic E-state index is 0.254. The van der Waals surface area contributed by atoms with Gasteiger partial charge >= 0.3 is 0 Å². The zero-order chi connectivity index (χ0) is 24.9. The minimum Gasteiger partial charge on any atom is -0.506 e. The summed E-state index contributed by atoms with van der Waals surface area (Å²) in [6.07, 6.45) is 4.20. The van der Waals surface area contributed by atoms with Crippen LogP contribution in [0.5, 0.6) is 11.5 Å². The summed E-state index contributed by atoms with van der Waals surface area (Å²) in [5.41, 5.74) is 5.45. The van der Waals surface area contributed by atoms with Crippen molar-refractivity contribution in [3.05, 3.63) is 109 Å². The van der Waals surface area contributed by atoms with Gasteiger partial charge < -0.3 is 10.2 Å². The fraction of sp³-hybridized carbons (Fsp3) is 0.0370. The lowest BCUT2D eigenvalue weighted by Crippen LogP contribution is -1.89. The van der Waals surface area contributed by atoms with Gasteiger partial charge in [-0.25, -0.2) is 0 Å². The SMILES string of the molecule is Oc1c(I)cc(I)cc1C=Nc1ccc(Cc2ccc(N=Cc3cc(I)cc(I)c3O)cc2)cc1. The number of aromatic hydroxyl groups is 2. The van der Waals surface area contributed by atoms with Gasteiger partial charge in [0.2, 0.25) is 0 Å². The third-order valence-electron chi connectivity index (χ3n) is 5.10. The molecule has 0 amide bonds. The molecule has 0 bridgehead atoms. The van der Waals surface area contributed by atoms with Crippen LogP contribution in [0.1, 0.15) is 22.3 Å². The fourth-order valence-electron chi connectivity index (χ4n) is 3.29. The van der Waals surface area contributed by atoms with Crippen LogP contribution < -0.4 is 0 Å². The Balaban J connectivity index is 1.40. The molecule has 0 aromatic heterocycles. The zero-order valence-electron chi connectivity index (χ0n) is 18.1. The smallest absolute Gasteiger partial charge is 0.137 e. The molecule has 0 spiro atoms. The molecule has 4 aromatic carbocycles. The quantitative estimate of drug-likeness (QED) is 0.151. The highest BCUT2D eigenvalue weighted by Gasteiger charge is 2.06. The first-order valence-corrected chi connectivity index (χ1v) is 14.7. The van der Waals surface area contributed by atoms with E-state index in [1.165, 1.54) is 11.1 Å². The topological polar surface area (TPSA) is 65.2 Å². The lowest BCUT2D eigenvalue weighted by Gasteiger charge is -2.05. The molecule has 0 saturated heterocycles. The summed E-state index contributed by atoms with van der Waals surface area (Å²) < 4.78 is 3.73. The third kappa shape index (κ3) is 7.38. The molecule has 0 fully saturated rings. The summed E-state index contributed by atoms with van der Waals surface area (Å²) in [6.45, 7) is 0. The van der Waals surface area contributed by atoms with Crippen LogP contribution in [0, 0.1) is 14.3 Å². The number of phenols is 2. The van der Waals surface area contributed by atoms with Crippen LogP contribution >= 0.6 is 90.4 Å². The first-order valence-electron chi connectivity index (χ1n) is 10.4. The van der Waals surface area contributed by atoms with Crippen molar-refractivity contribution < 1.29 is 10.2 Å². The van der Waals surface area contributed by atoms with Crippen LogP contribution in [0.25, 0.3) is 0 Å². The van der Waals surface area contributed by atoms with E-state index in [0.717, 1.165) is 32.1 Å². The summed E-state index contributed by atoms with van der Waals surface area (Å²) in [5.74, 6) is 0.508. The van der Waals surface area contributed by atoms with Crippen LogP contribution in [0.15, 0.2) is 82.8 Å². The van der Waals surface area contributed by atoms with E-state index < -0.39 is 0 Å². The molecule has 35 heavy (non-hydrogen) atoms. The molecule has 0 saturated carbocycles. The van der Waals surface area contributed by atoms with Gasteiger partial charge in [-0.2, -0.15) is 0 Å². The number of nitrogens with zero attached hydrogens (tertiary/aromatic N) is 2. The molecule has 0 aliphatic heterocycles. The van der Waals surface area contributed by atoms with Gasteiger partial charge in [-0.15, -0.1) is 0 Å². The predicted octanol–water partition coefficient (Wildman–Crippen LogP) is 8.61. The summed E-state index contributed by atoms with van der Waals surface area (Å²) in [4.78, 5) is 9.03. The molecular weight excluding hydrogens is 892 g/mol. The molecule has 0 aliphatic carbocycles. The van der Waals surface area contributed by atoms with Gasteiger partial charge in [-0.1, -0.05) is 24.3 Å². The van der Waals surface area contributed by atoms with E-state index >= 15 is 0 Å². The average Bonchev–Trinajstić information content (AvgIpc) is 2.83. The molecule has 2 N–H and O–H groups in total. The van der Waals surface area contributed by atoms with E-state index in [9.17, 15) is 10.2 Å². The number of aliphatic imine (C=N–C) groups is 2. The van der Waals surface area contributed by atoms with Crippen molar-refractivity contribution in [3.8, 4) is 11.5 Å². The van der Waals surface area contributed by atoms with Gasteiger partial charge in [0.15, 0.2) is 0 Å². The third-order valence-corrected chi connectivity index (χ3v) is 7.99. The highest BCUT2D eigenvalue weighted by molar-refractivity contribution is 14.1. The van der Waals surface area contributed by atoms with Crippen molar-refractivity contribution in [1.29, 1.82) is 0 Å². The maximum absolute atomic E-state index is 10.2.